The van der Waals surface area contributed by atoms with E-state index in [1.54, 1.807) is 11.3 Å². The molecule has 0 fully saturated rings. The van der Waals surface area contributed by atoms with Crippen LogP contribution in [0.4, 0.5) is 5.69 Å². The summed E-state index contributed by atoms with van der Waals surface area (Å²) in [5.41, 5.74) is 8.76. The van der Waals surface area contributed by atoms with Gasteiger partial charge in [0.25, 0.3) is 0 Å². The zero-order valence-electron chi connectivity index (χ0n) is 10.5. The standard InChI is InChI=1S/C15H15N3S/c16-14-5-3-12(4-6-14)13-10-17-18(11-13)8-7-15-2-1-9-19-15/h1-6,9-11H,7-8,16H2. The maximum Gasteiger partial charge on any atom is 0.0568 e. The number of benzene rings is 1. The molecule has 3 aromatic rings. The van der Waals surface area contributed by atoms with Crippen LogP contribution in [-0.2, 0) is 13.0 Å². The van der Waals surface area contributed by atoms with Gasteiger partial charge in [-0.2, -0.15) is 5.10 Å². The number of thiophene rings is 1. The van der Waals surface area contributed by atoms with Gasteiger partial charge in [-0.3, -0.25) is 4.68 Å². The average Bonchev–Trinajstić information content (AvgIpc) is 3.09. The molecule has 2 N–H and O–H groups in total. The fraction of sp³-hybridized carbons (Fsp3) is 0.133. The molecule has 0 radical (unpaired) electrons. The van der Waals surface area contributed by atoms with E-state index in [0.29, 0.717) is 0 Å². The third-order valence-corrected chi connectivity index (χ3v) is 3.98. The molecule has 3 nitrogen and oxygen atoms in total. The lowest BCUT2D eigenvalue weighted by Crippen LogP contribution is -2.00. The molecule has 0 bridgehead atoms. The van der Waals surface area contributed by atoms with Crippen LogP contribution in [0.3, 0.4) is 0 Å². The normalized spacial score (nSPS) is 10.7. The van der Waals surface area contributed by atoms with E-state index >= 15 is 0 Å². The van der Waals surface area contributed by atoms with Gasteiger partial charge in [0.1, 0.15) is 0 Å². The summed E-state index contributed by atoms with van der Waals surface area (Å²) in [6.07, 6.45) is 5.01. The molecule has 0 unspecified atom stereocenters. The summed E-state index contributed by atoms with van der Waals surface area (Å²) in [6, 6.07) is 12.1. The van der Waals surface area contributed by atoms with Crippen LogP contribution >= 0.6 is 11.3 Å². The Hall–Kier alpha value is -2.07. The summed E-state index contributed by atoms with van der Waals surface area (Å²) < 4.78 is 1.99. The summed E-state index contributed by atoms with van der Waals surface area (Å²) in [6.45, 7) is 0.912. The number of rotatable bonds is 4. The highest BCUT2D eigenvalue weighted by Crippen LogP contribution is 2.20. The Morgan fingerprint density at radius 3 is 2.68 bits per heavy atom. The topological polar surface area (TPSA) is 43.8 Å². The van der Waals surface area contributed by atoms with E-state index in [9.17, 15) is 0 Å². The van der Waals surface area contributed by atoms with E-state index in [0.717, 1.165) is 29.8 Å². The fourth-order valence-corrected chi connectivity index (χ4v) is 2.69. The van der Waals surface area contributed by atoms with Crippen molar-refractivity contribution >= 4 is 17.0 Å². The zero-order chi connectivity index (χ0) is 13.1. The predicted molar refractivity (Wildman–Crippen MR) is 80.1 cm³/mol. The predicted octanol–water partition coefficient (Wildman–Crippen LogP) is 3.44. The van der Waals surface area contributed by atoms with Crippen molar-refractivity contribution in [3.63, 3.8) is 0 Å². The Bertz CT molecular complexity index is 638. The first-order valence-corrected chi connectivity index (χ1v) is 7.10. The van der Waals surface area contributed by atoms with Gasteiger partial charge in [-0.1, -0.05) is 18.2 Å². The van der Waals surface area contributed by atoms with Gasteiger partial charge >= 0.3 is 0 Å². The summed E-state index contributed by atoms with van der Waals surface area (Å²) >= 11 is 1.79. The molecule has 0 aliphatic heterocycles. The summed E-state index contributed by atoms with van der Waals surface area (Å²) in [4.78, 5) is 1.39. The lowest BCUT2D eigenvalue weighted by Gasteiger charge is -1.99. The summed E-state index contributed by atoms with van der Waals surface area (Å²) in [5, 5.41) is 6.51. The lowest BCUT2D eigenvalue weighted by atomic mass is 10.1. The number of nitrogen functional groups attached to an aromatic ring is 1. The number of hydrogen-bond donors (Lipinski definition) is 1. The minimum Gasteiger partial charge on any atom is -0.399 e. The van der Waals surface area contributed by atoms with Gasteiger partial charge in [-0.05, 0) is 29.1 Å². The van der Waals surface area contributed by atoms with E-state index in [4.69, 9.17) is 5.73 Å². The second-order valence-corrected chi connectivity index (χ2v) is 5.48. The van der Waals surface area contributed by atoms with Crippen LogP contribution in [0.5, 0.6) is 0 Å². The average molecular weight is 269 g/mol. The quantitative estimate of drug-likeness (QED) is 0.737. The zero-order valence-corrected chi connectivity index (χ0v) is 11.3. The molecule has 0 amide bonds. The maximum absolute atomic E-state index is 5.69. The molecule has 0 saturated carbocycles. The third-order valence-electron chi connectivity index (χ3n) is 3.04. The van der Waals surface area contributed by atoms with Crippen molar-refractivity contribution < 1.29 is 0 Å². The van der Waals surface area contributed by atoms with Crippen LogP contribution in [0.15, 0.2) is 54.2 Å². The number of anilines is 1. The minimum absolute atomic E-state index is 0.786. The van der Waals surface area contributed by atoms with Crippen LogP contribution in [-0.4, -0.2) is 9.78 Å². The molecular formula is C15H15N3S. The highest BCUT2D eigenvalue weighted by atomic mass is 32.1. The van der Waals surface area contributed by atoms with E-state index in [-0.39, 0.29) is 0 Å². The molecule has 4 heteroatoms. The van der Waals surface area contributed by atoms with Crippen molar-refractivity contribution in [3.8, 4) is 11.1 Å². The molecule has 3 rings (SSSR count). The first kappa shape index (κ1) is 12.0. The molecule has 0 atom stereocenters. The van der Waals surface area contributed by atoms with E-state index < -0.39 is 0 Å². The number of nitrogens with two attached hydrogens (primary N) is 1. The summed E-state index contributed by atoms with van der Waals surface area (Å²) in [5.74, 6) is 0. The Kier molecular flexibility index (Phi) is 3.33. The monoisotopic (exact) mass is 269 g/mol. The number of aromatic nitrogens is 2. The molecule has 1 aromatic carbocycles. The number of aryl methyl sites for hydroxylation is 2. The van der Waals surface area contributed by atoms with Crippen LogP contribution < -0.4 is 5.73 Å². The molecule has 2 aromatic heterocycles. The molecule has 0 aliphatic carbocycles. The van der Waals surface area contributed by atoms with Gasteiger partial charge < -0.3 is 5.73 Å². The fourth-order valence-electron chi connectivity index (χ4n) is 1.99. The number of nitrogens with zero attached hydrogens (tertiary/aromatic N) is 2. The SMILES string of the molecule is Nc1ccc(-c2cnn(CCc3cccs3)c2)cc1. The van der Waals surface area contributed by atoms with Gasteiger partial charge in [-0.25, -0.2) is 0 Å². The molecule has 19 heavy (non-hydrogen) atoms. The summed E-state index contributed by atoms with van der Waals surface area (Å²) in [7, 11) is 0. The molecule has 0 spiro atoms. The highest BCUT2D eigenvalue weighted by molar-refractivity contribution is 7.09. The first-order chi connectivity index (χ1) is 9.31. The Labute approximate surface area is 116 Å². The highest BCUT2D eigenvalue weighted by Gasteiger charge is 2.02. The van der Waals surface area contributed by atoms with Crippen LogP contribution in [0, 0.1) is 0 Å². The first-order valence-electron chi connectivity index (χ1n) is 6.22. The van der Waals surface area contributed by atoms with Gasteiger partial charge in [0, 0.05) is 35.3 Å². The van der Waals surface area contributed by atoms with Gasteiger partial charge in [0.05, 0.1) is 6.20 Å². The Morgan fingerprint density at radius 2 is 1.95 bits per heavy atom. The second-order valence-electron chi connectivity index (χ2n) is 4.44. The van der Waals surface area contributed by atoms with Crippen LogP contribution in [0.1, 0.15) is 4.88 Å². The van der Waals surface area contributed by atoms with Crippen LogP contribution in [0.2, 0.25) is 0 Å². The van der Waals surface area contributed by atoms with Crippen molar-refractivity contribution in [1.82, 2.24) is 9.78 Å². The maximum atomic E-state index is 5.69. The molecule has 0 aliphatic rings. The lowest BCUT2D eigenvalue weighted by molar-refractivity contribution is 0.618. The van der Waals surface area contributed by atoms with Crippen LogP contribution in [0.25, 0.3) is 11.1 Å². The van der Waals surface area contributed by atoms with E-state index in [2.05, 4.69) is 28.8 Å². The third kappa shape index (κ3) is 2.85. The number of hydrogen-bond acceptors (Lipinski definition) is 3. The molecular weight excluding hydrogens is 254 g/mol. The van der Waals surface area contributed by atoms with Gasteiger partial charge in [0.15, 0.2) is 0 Å². The van der Waals surface area contributed by atoms with Gasteiger partial charge in [0.2, 0.25) is 0 Å². The Balaban J connectivity index is 1.70. The largest absolute Gasteiger partial charge is 0.399 e. The molecule has 96 valence electrons. The Morgan fingerprint density at radius 1 is 1.11 bits per heavy atom. The minimum atomic E-state index is 0.786. The van der Waals surface area contributed by atoms with E-state index in [1.807, 2.05) is 35.1 Å². The van der Waals surface area contributed by atoms with Crippen molar-refractivity contribution in [2.24, 2.45) is 0 Å². The van der Waals surface area contributed by atoms with Crippen molar-refractivity contribution in [2.75, 3.05) is 5.73 Å². The smallest absolute Gasteiger partial charge is 0.0568 e. The van der Waals surface area contributed by atoms with Crippen molar-refractivity contribution in [1.29, 1.82) is 0 Å². The van der Waals surface area contributed by atoms with Gasteiger partial charge in [-0.15, -0.1) is 11.3 Å². The molecule has 2 heterocycles. The second kappa shape index (κ2) is 5.28. The van der Waals surface area contributed by atoms with Crippen molar-refractivity contribution in [3.05, 3.63) is 59.0 Å². The van der Waals surface area contributed by atoms with Crippen molar-refractivity contribution in [2.45, 2.75) is 13.0 Å². The van der Waals surface area contributed by atoms with E-state index in [1.165, 1.54) is 4.88 Å². The molecule has 0 saturated heterocycles.